The predicted molar refractivity (Wildman–Crippen MR) is 98.2 cm³/mol. The first-order chi connectivity index (χ1) is 11.1. The van der Waals surface area contributed by atoms with E-state index in [0.29, 0.717) is 12.3 Å². The lowest BCUT2D eigenvalue weighted by atomic mass is 10.1. The molecule has 0 saturated heterocycles. The number of nitrogens with zero attached hydrogens (tertiary/aromatic N) is 1. The van der Waals surface area contributed by atoms with Crippen molar-refractivity contribution < 1.29 is 9.32 Å². The summed E-state index contributed by atoms with van der Waals surface area (Å²) < 4.78 is 5.13. The molecule has 24 heavy (non-hydrogen) atoms. The Kier molecular flexibility index (Phi) is 6.71. The van der Waals surface area contributed by atoms with E-state index in [0.717, 1.165) is 41.4 Å². The van der Waals surface area contributed by atoms with E-state index < -0.39 is 0 Å². The normalized spacial score (nSPS) is 12.6. The molecule has 0 radical (unpaired) electrons. The van der Waals surface area contributed by atoms with Crippen molar-refractivity contribution in [2.75, 3.05) is 5.75 Å². The summed E-state index contributed by atoms with van der Waals surface area (Å²) >= 11 is 1.58. The number of thioether (sulfide) groups is 1. The Morgan fingerprint density at radius 1 is 1.33 bits per heavy atom. The van der Waals surface area contributed by atoms with Crippen LogP contribution in [0.5, 0.6) is 0 Å². The average molecular weight is 368 g/mol. The third-order valence-electron chi connectivity index (χ3n) is 4.05. The highest BCUT2D eigenvalue weighted by Gasteiger charge is 2.12. The SMILES string of the molecule is Cc1noc(C)c1CSCC(=O)NCc1ccc2c(c1)CNC2.Cl. The third-order valence-corrected chi connectivity index (χ3v) is 5.01. The number of fused-ring (bicyclic) bond motifs is 1. The summed E-state index contributed by atoms with van der Waals surface area (Å²) in [4.78, 5) is 12.0. The van der Waals surface area contributed by atoms with Crippen LogP contribution in [0.1, 0.15) is 33.7 Å². The summed E-state index contributed by atoms with van der Waals surface area (Å²) in [5.41, 5.74) is 5.84. The van der Waals surface area contributed by atoms with Gasteiger partial charge < -0.3 is 15.2 Å². The largest absolute Gasteiger partial charge is 0.361 e. The van der Waals surface area contributed by atoms with Crippen LogP contribution in [0.3, 0.4) is 0 Å². The van der Waals surface area contributed by atoms with Crippen LogP contribution in [0.4, 0.5) is 0 Å². The van der Waals surface area contributed by atoms with Crippen molar-refractivity contribution in [1.29, 1.82) is 0 Å². The molecule has 2 heterocycles. The molecule has 0 spiro atoms. The van der Waals surface area contributed by atoms with Crippen LogP contribution in [-0.4, -0.2) is 16.8 Å². The Balaban J connectivity index is 0.00000208. The van der Waals surface area contributed by atoms with Gasteiger partial charge in [-0.15, -0.1) is 24.2 Å². The Hall–Kier alpha value is -1.50. The van der Waals surface area contributed by atoms with Crippen molar-refractivity contribution in [3.8, 4) is 0 Å². The summed E-state index contributed by atoms with van der Waals surface area (Å²) in [5, 5.41) is 10.2. The summed E-state index contributed by atoms with van der Waals surface area (Å²) in [5.74, 6) is 2.08. The molecule has 1 aromatic heterocycles. The van der Waals surface area contributed by atoms with Gasteiger partial charge in [0.15, 0.2) is 0 Å². The summed E-state index contributed by atoms with van der Waals surface area (Å²) in [6, 6.07) is 6.40. The molecule has 0 atom stereocenters. The number of benzene rings is 1. The van der Waals surface area contributed by atoms with E-state index in [-0.39, 0.29) is 18.3 Å². The predicted octanol–water partition coefficient (Wildman–Crippen LogP) is 2.87. The molecule has 1 aliphatic rings. The van der Waals surface area contributed by atoms with Crippen LogP contribution in [0, 0.1) is 13.8 Å². The number of halogens is 1. The molecular formula is C17H22ClN3O2S. The van der Waals surface area contributed by atoms with Crippen molar-refractivity contribution in [2.24, 2.45) is 0 Å². The van der Waals surface area contributed by atoms with Crippen molar-refractivity contribution in [3.63, 3.8) is 0 Å². The van der Waals surface area contributed by atoms with Gasteiger partial charge >= 0.3 is 0 Å². The average Bonchev–Trinajstić information content (AvgIpc) is 3.13. The van der Waals surface area contributed by atoms with E-state index in [4.69, 9.17) is 4.52 Å². The number of nitrogens with one attached hydrogen (secondary N) is 2. The molecular weight excluding hydrogens is 346 g/mol. The molecule has 0 aliphatic carbocycles. The Morgan fingerprint density at radius 2 is 2.12 bits per heavy atom. The van der Waals surface area contributed by atoms with E-state index in [1.54, 1.807) is 11.8 Å². The van der Waals surface area contributed by atoms with Crippen LogP contribution in [0.15, 0.2) is 22.7 Å². The van der Waals surface area contributed by atoms with Crippen LogP contribution in [0.25, 0.3) is 0 Å². The summed E-state index contributed by atoms with van der Waals surface area (Å²) in [7, 11) is 0. The van der Waals surface area contributed by atoms with Gasteiger partial charge in [0.25, 0.3) is 0 Å². The zero-order valence-corrected chi connectivity index (χ0v) is 15.5. The maximum Gasteiger partial charge on any atom is 0.230 e. The van der Waals surface area contributed by atoms with Gasteiger partial charge in [0.05, 0.1) is 11.4 Å². The Morgan fingerprint density at radius 3 is 2.88 bits per heavy atom. The van der Waals surface area contributed by atoms with Gasteiger partial charge in [-0.05, 0) is 30.5 Å². The molecule has 0 bridgehead atoms. The van der Waals surface area contributed by atoms with Crippen molar-refractivity contribution in [3.05, 3.63) is 51.9 Å². The fourth-order valence-electron chi connectivity index (χ4n) is 2.66. The first-order valence-electron chi connectivity index (χ1n) is 7.71. The Bertz CT molecular complexity index is 698. The molecule has 2 N–H and O–H groups in total. The highest BCUT2D eigenvalue weighted by molar-refractivity contribution is 7.99. The second-order valence-electron chi connectivity index (χ2n) is 5.78. The van der Waals surface area contributed by atoms with Gasteiger partial charge in [0.1, 0.15) is 5.76 Å². The second-order valence-corrected chi connectivity index (χ2v) is 6.76. The zero-order chi connectivity index (χ0) is 16.2. The number of carbonyl (C=O) groups is 1. The molecule has 1 aromatic carbocycles. The van der Waals surface area contributed by atoms with E-state index in [1.807, 2.05) is 13.8 Å². The molecule has 0 saturated carbocycles. The number of hydrogen-bond acceptors (Lipinski definition) is 5. The molecule has 130 valence electrons. The van der Waals surface area contributed by atoms with Gasteiger partial charge in [-0.25, -0.2) is 0 Å². The van der Waals surface area contributed by atoms with Crippen LogP contribution in [0.2, 0.25) is 0 Å². The number of amides is 1. The first-order valence-corrected chi connectivity index (χ1v) is 8.86. The fourth-order valence-corrected chi connectivity index (χ4v) is 3.67. The molecule has 5 nitrogen and oxygen atoms in total. The van der Waals surface area contributed by atoms with Crippen LogP contribution >= 0.6 is 24.2 Å². The lowest BCUT2D eigenvalue weighted by Crippen LogP contribution is -2.24. The van der Waals surface area contributed by atoms with Crippen molar-refractivity contribution in [2.45, 2.75) is 39.2 Å². The maximum absolute atomic E-state index is 12.0. The van der Waals surface area contributed by atoms with E-state index in [1.165, 1.54) is 11.1 Å². The number of aryl methyl sites for hydroxylation is 2. The summed E-state index contributed by atoms with van der Waals surface area (Å²) in [6.07, 6.45) is 0. The van der Waals surface area contributed by atoms with E-state index in [9.17, 15) is 4.79 Å². The molecule has 1 amide bonds. The maximum atomic E-state index is 12.0. The number of aromatic nitrogens is 1. The minimum atomic E-state index is 0. The molecule has 7 heteroatoms. The van der Waals surface area contributed by atoms with Gasteiger partial charge in [-0.1, -0.05) is 23.4 Å². The van der Waals surface area contributed by atoms with Crippen molar-refractivity contribution in [1.82, 2.24) is 15.8 Å². The van der Waals surface area contributed by atoms with Crippen molar-refractivity contribution >= 4 is 30.1 Å². The standard InChI is InChI=1S/C17H21N3O2S.ClH/c1-11-16(12(2)22-20-11)9-23-10-17(21)19-6-13-3-4-14-7-18-8-15(14)5-13;/h3-5,18H,6-10H2,1-2H3,(H,19,21);1H. The van der Waals surface area contributed by atoms with E-state index >= 15 is 0 Å². The molecule has 1 aliphatic heterocycles. The number of rotatable bonds is 6. The lowest BCUT2D eigenvalue weighted by molar-refractivity contribution is -0.118. The molecule has 2 aromatic rings. The number of hydrogen-bond donors (Lipinski definition) is 2. The summed E-state index contributed by atoms with van der Waals surface area (Å²) in [6.45, 7) is 6.27. The first kappa shape index (κ1) is 18.8. The van der Waals surface area contributed by atoms with Gasteiger partial charge in [-0.2, -0.15) is 0 Å². The molecule has 3 rings (SSSR count). The van der Waals surface area contributed by atoms with Crippen LogP contribution < -0.4 is 10.6 Å². The molecule has 0 unspecified atom stereocenters. The second kappa shape index (κ2) is 8.55. The quantitative estimate of drug-likeness (QED) is 0.821. The minimum absolute atomic E-state index is 0. The highest BCUT2D eigenvalue weighted by Crippen LogP contribution is 2.19. The smallest absolute Gasteiger partial charge is 0.230 e. The third kappa shape index (κ3) is 4.53. The van der Waals surface area contributed by atoms with E-state index in [2.05, 4.69) is 34.0 Å². The van der Waals surface area contributed by atoms with Gasteiger partial charge in [0.2, 0.25) is 5.91 Å². The monoisotopic (exact) mass is 367 g/mol. The van der Waals surface area contributed by atoms with Gasteiger partial charge in [-0.3, -0.25) is 4.79 Å². The number of carbonyl (C=O) groups excluding carboxylic acids is 1. The van der Waals surface area contributed by atoms with Gasteiger partial charge in [0, 0.05) is 31.0 Å². The minimum Gasteiger partial charge on any atom is -0.361 e. The Labute approximate surface area is 152 Å². The molecule has 0 fully saturated rings. The fraction of sp³-hybridized carbons (Fsp3) is 0.412. The zero-order valence-electron chi connectivity index (χ0n) is 13.8. The lowest BCUT2D eigenvalue weighted by Gasteiger charge is -2.07. The highest BCUT2D eigenvalue weighted by atomic mass is 35.5. The van der Waals surface area contributed by atoms with Crippen LogP contribution in [-0.2, 0) is 30.2 Å². The topological polar surface area (TPSA) is 67.2 Å².